The predicted molar refractivity (Wildman–Crippen MR) is 71.4 cm³/mol. The number of rotatable bonds is 6. The molecule has 10 nitrogen and oxygen atoms in total. The highest BCUT2D eigenvalue weighted by atomic mass is 16.7. The molecule has 22 heavy (non-hydrogen) atoms. The van der Waals surface area contributed by atoms with Crippen LogP contribution in [-0.4, -0.2) is 68.4 Å². The predicted octanol–water partition coefficient (Wildman–Crippen LogP) is -1.12. The third-order valence-electron chi connectivity index (χ3n) is 3.29. The average molecular weight is 308 g/mol. The van der Waals surface area contributed by atoms with Crippen molar-refractivity contribution in [2.45, 2.75) is 24.9 Å². The number of likely N-dealkylation sites (tertiary alicyclic amines) is 1. The highest BCUT2D eigenvalue weighted by Gasteiger charge is 2.30. The van der Waals surface area contributed by atoms with Gasteiger partial charge in [-0.25, -0.2) is 9.78 Å². The summed E-state index contributed by atoms with van der Waals surface area (Å²) in [6, 6.07) is 1.65. The topological polar surface area (TPSA) is 133 Å². The number of carboxylic acid groups (broad SMARTS) is 1. The van der Waals surface area contributed by atoms with Crippen LogP contribution in [0.3, 0.4) is 0 Å². The fraction of sp³-hybridized carbons (Fsp3) is 0.583. The fourth-order valence-electron chi connectivity index (χ4n) is 2.26. The molecule has 1 aliphatic heterocycles. The van der Waals surface area contributed by atoms with Crippen LogP contribution in [0.1, 0.15) is 17.6 Å². The van der Waals surface area contributed by atoms with Gasteiger partial charge in [-0.3, -0.25) is 14.5 Å². The van der Waals surface area contributed by atoms with Crippen molar-refractivity contribution in [2.24, 2.45) is 0 Å². The van der Waals surface area contributed by atoms with Crippen molar-refractivity contribution in [3.63, 3.8) is 0 Å². The van der Waals surface area contributed by atoms with E-state index in [9.17, 15) is 14.9 Å². The van der Waals surface area contributed by atoms with Gasteiger partial charge in [0.1, 0.15) is 12.7 Å². The Morgan fingerprint density at radius 2 is 2.32 bits per heavy atom. The molecule has 1 saturated heterocycles. The Hall–Kier alpha value is -2.35. The van der Waals surface area contributed by atoms with Crippen LogP contribution in [-0.2, 0) is 9.63 Å². The number of hydrogen-bond acceptors (Lipinski definition) is 8. The molecule has 0 saturated carbocycles. The third kappa shape index (κ3) is 4.32. The average Bonchev–Trinajstić information content (AvgIpc) is 3.01. The van der Waals surface area contributed by atoms with Gasteiger partial charge in [-0.1, -0.05) is 0 Å². The Kier molecular flexibility index (Phi) is 5.54. The van der Waals surface area contributed by atoms with Crippen LogP contribution in [0, 0.1) is 11.3 Å². The van der Waals surface area contributed by atoms with E-state index < -0.39 is 12.6 Å². The zero-order valence-electron chi connectivity index (χ0n) is 11.8. The summed E-state index contributed by atoms with van der Waals surface area (Å²) in [4.78, 5) is 32.7. The number of aromatic nitrogens is 3. The maximum absolute atomic E-state index is 12.0. The van der Waals surface area contributed by atoms with Gasteiger partial charge in [0.15, 0.2) is 6.61 Å². The molecule has 1 aliphatic rings. The van der Waals surface area contributed by atoms with Crippen LogP contribution in [0.15, 0.2) is 12.7 Å². The van der Waals surface area contributed by atoms with Crippen LogP contribution < -0.4 is 5.48 Å². The Morgan fingerprint density at radius 3 is 2.95 bits per heavy atom. The molecule has 0 aromatic carbocycles. The molecule has 1 aromatic heterocycles. The van der Waals surface area contributed by atoms with Crippen LogP contribution in [0.4, 0.5) is 0 Å². The quantitative estimate of drug-likeness (QED) is 0.627. The molecule has 2 rings (SSSR count). The molecular formula is C12H16N6O4. The Bertz CT molecular complexity index is 554. The Morgan fingerprint density at radius 1 is 1.50 bits per heavy atom. The standard InChI is InChI=1S/C12H16N6O4/c13-3-10-2-1-9(16-22-6-12(20)21)4-17(10)5-11(19)18-8-14-7-15-18/h7-10,16H,1-2,4-6H2,(H,20,21)/t9-,10+/m1/s1. The van der Waals surface area contributed by atoms with Gasteiger partial charge >= 0.3 is 5.97 Å². The van der Waals surface area contributed by atoms with Crippen LogP contribution in [0.5, 0.6) is 0 Å². The fourth-order valence-corrected chi connectivity index (χ4v) is 2.26. The number of nitrogens with zero attached hydrogens (tertiary/aromatic N) is 5. The number of carbonyl (C=O) groups excluding carboxylic acids is 1. The second kappa shape index (κ2) is 7.60. The third-order valence-corrected chi connectivity index (χ3v) is 3.29. The van der Waals surface area contributed by atoms with Gasteiger partial charge in [-0.15, -0.1) is 0 Å². The first-order chi connectivity index (χ1) is 10.6. The van der Waals surface area contributed by atoms with Crippen molar-refractivity contribution in [1.29, 1.82) is 5.26 Å². The molecule has 10 heteroatoms. The van der Waals surface area contributed by atoms with E-state index in [1.807, 2.05) is 0 Å². The van der Waals surface area contributed by atoms with Crippen molar-refractivity contribution in [2.75, 3.05) is 19.7 Å². The van der Waals surface area contributed by atoms with Gasteiger partial charge in [0.05, 0.1) is 18.7 Å². The lowest BCUT2D eigenvalue weighted by Crippen LogP contribution is -2.52. The van der Waals surface area contributed by atoms with Crippen LogP contribution >= 0.6 is 0 Å². The molecule has 0 radical (unpaired) electrons. The van der Waals surface area contributed by atoms with Gasteiger partial charge in [-0.05, 0) is 12.8 Å². The maximum atomic E-state index is 12.0. The normalized spacial score (nSPS) is 22.1. The first kappa shape index (κ1) is 16.0. The smallest absolute Gasteiger partial charge is 0.331 e. The number of piperidine rings is 1. The van der Waals surface area contributed by atoms with Crippen molar-refractivity contribution < 1.29 is 19.5 Å². The SMILES string of the molecule is N#C[C@@H]1CC[C@@H](NOCC(=O)O)CN1CC(=O)n1cncn1. The van der Waals surface area contributed by atoms with E-state index in [4.69, 9.17) is 9.94 Å². The monoisotopic (exact) mass is 308 g/mol. The number of carboxylic acids is 1. The second-order valence-corrected chi connectivity index (χ2v) is 4.88. The molecule has 0 aliphatic carbocycles. The largest absolute Gasteiger partial charge is 0.479 e. The van der Waals surface area contributed by atoms with E-state index in [0.29, 0.717) is 19.4 Å². The number of carbonyl (C=O) groups is 2. The molecule has 1 aromatic rings. The van der Waals surface area contributed by atoms with Crippen LogP contribution in [0.2, 0.25) is 0 Å². The lowest BCUT2D eigenvalue weighted by atomic mass is 9.99. The van der Waals surface area contributed by atoms with Gasteiger partial charge in [0.25, 0.3) is 5.91 Å². The summed E-state index contributed by atoms with van der Waals surface area (Å²) in [5.74, 6) is -1.36. The highest BCUT2D eigenvalue weighted by molar-refractivity contribution is 5.79. The van der Waals surface area contributed by atoms with Crippen molar-refractivity contribution in [3.05, 3.63) is 12.7 Å². The minimum Gasteiger partial charge on any atom is -0.479 e. The zero-order valence-corrected chi connectivity index (χ0v) is 11.8. The van der Waals surface area contributed by atoms with Crippen molar-refractivity contribution in [1.82, 2.24) is 25.1 Å². The summed E-state index contributed by atoms with van der Waals surface area (Å²) in [5, 5.41) is 21.5. The number of hydroxylamine groups is 1. The molecule has 2 N–H and O–H groups in total. The van der Waals surface area contributed by atoms with Crippen molar-refractivity contribution >= 4 is 11.9 Å². The lowest BCUT2D eigenvalue weighted by Gasteiger charge is -2.35. The molecule has 1 fully saturated rings. The van der Waals surface area contributed by atoms with Crippen LogP contribution in [0.25, 0.3) is 0 Å². The summed E-state index contributed by atoms with van der Waals surface area (Å²) >= 11 is 0. The van der Waals surface area contributed by atoms with Gasteiger partial charge in [0.2, 0.25) is 0 Å². The summed E-state index contributed by atoms with van der Waals surface area (Å²) in [6.45, 7) is -0.0208. The van der Waals surface area contributed by atoms with Gasteiger partial charge in [-0.2, -0.15) is 20.5 Å². The number of nitrogens with one attached hydrogen (secondary N) is 1. The zero-order chi connectivity index (χ0) is 15.9. The first-order valence-electron chi connectivity index (χ1n) is 6.70. The first-order valence-corrected chi connectivity index (χ1v) is 6.70. The molecule has 0 spiro atoms. The summed E-state index contributed by atoms with van der Waals surface area (Å²) in [5.41, 5.74) is 2.66. The molecule has 0 unspecified atom stereocenters. The summed E-state index contributed by atoms with van der Waals surface area (Å²) in [7, 11) is 0. The Labute approximate surface area is 126 Å². The van der Waals surface area contributed by atoms with E-state index in [0.717, 1.165) is 4.68 Å². The van der Waals surface area contributed by atoms with Gasteiger partial charge in [0, 0.05) is 12.6 Å². The molecule has 0 amide bonds. The highest BCUT2D eigenvalue weighted by Crippen LogP contribution is 2.17. The van der Waals surface area contributed by atoms with Crippen molar-refractivity contribution in [3.8, 4) is 6.07 Å². The summed E-state index contributed by atoms with van der Waals surface area (Å²) < 4.78 is 1.12. The Balaban J connectivity index is 1.90. The van der Waals surface area contributed by atoms with E-state index in [2.05, 4.69) is 21.6 Å². The minimum absolute atomic E-state index is 0.0265. The van der Waals surface area contributed by atoms with E-state index in [1.165, 1.54) is 12.7 Å². The number of nitriles is 1. The van der Waals surface area contributed by atoms with E-state index >= 15 is 0 Å². The molecule has 2 heterocycles. The number of aliphatic carboxylic acids is 1. The lowest BCUT2D eigenvalue weighted by molar-refractivity contribution is -0.146. The molecule has 0 bridgehead atoms. The minimum atomic E-state index is -1.07. The molecular weight excluding hydrogens is 292 g/mol. The maximum Gasteiger partial charge on any atom is 0.331 e. The number of hydrogen-bond donors (Lipinski definition) is 2. The molecule has 2 atom stereocenters. The summed E-state index contributed by atoms with van der Waals surface area (Å²) in [6.07, 6.45) is 3.79. The second-order valence-electron chi connectivity index (χ2n) is 4.88. The van der Waals surface area contributed by atoms with E-state index in [1.54, 1.807) is 4.90 Å². The van der Waals surface area contributed by atoms with E-state index in [-0.39, 0.29) is 24.5 Å². The molecule has 118 valence electrons. The van der Waals surface area contributed by atoms with Gasteiger partial charge < -0.3 is 5.11 Å².